The van der Waals surface area contributed by atoms with E-state index in [1.807, 2.05) is 13.0 Å². The van der Waals surface area contributed by atoms with Crippen LogP contribution in [0.1, 0.15) is 41.7 Å². The fourth-order valence-corrected chi connectivity index (χ4v) is 3.22. The van der Waals surface area contributed by atoms with Crippen LogP contribution in [0.25, 0.3) is 11.3 Å². The smallest absolute Gasteiger partial charge is 0.269 e. The van der Waals surface area contributed by atoms with Crippen molar-refractivity contribution in [2.75, 3.05) is 0 Å². The molecule has 0 aliphatic heterocycles. The third kappa shape index (κ3) is 4.77. The molecule has 2 atom stereocenters. The number of hydrogen-bond donors (Lipinski definition) is 3. The van der Waals surface area contributed by atoms with Gasteiger partial charge in [0.1, 0.15) is 17.5 Å². The van der Waals surface area contributed by atoms with E-state index in [1.54, 1.807) is 36.0 Å². The summed E-state index contributed by atoms with van der Waals surface area (Å²) < 4.78 is 1.63. The monoisotopic (exact) mass is 432 g/mol. The minimum Gasteiger partial charge on any atom is -0.387 e. The summed E-state index contributed by atoms with van der Waals surface area (Å²) in [5, 5.41) is 33.0. The lowest BCUT2D eigenvalue weighted by Gasteiger charge is -2.13. The predicted octanol–water partition coefficient (Wildman–Crippen LogP) is 3.32. The highest BCUT2D eigenvalue weighted by Gasteiger charge is 2.17. The van der Waals surface area contributed by atoms with E-state index in [0.717, 1.165) is 0 Å². The Bertz CT molecular complexity index is 1080. The first kappa shape index (κ1) is 20.9. The van der Waals surface area contributed by atoms with Gasteiger partial charge in [0.2, 0.25) is 0 Å². The van der Waals surface area contributed by atoms with Gasteiger partial charge in [-0.25, -0.2) is 0 Å². The van der Waals surface area contributed by atoms with Crippen LogP contribution in [0.4, 0.5) is 0 Å². The van der Waals surface area contributed by atoms with Gasteiger partial charge in [-0.15, -0.1) is 0 Å². The van der Waals surface area contributed by atoms with Crippen LogP contribution in [0.3, 0.4) is 0 Å². The van der Waals surface area contributed by atoms with E-state index in [1.165, 1.54) is 6.07 Å². The Balaban J connectivity index is 1.69. The molecule has 3 aromatic rings. The Morgan fingerprint density at radius 3 is 2.72 bits per heavy atom. The molecule has 0 spiro atoms. The van der Waals surface area contributed by atoms with E-state index < -0.39 is 6.10 Å². The van der Waals surface area contributed by atoms with E-state index in [-0.39, 0.29) is 17.6 Å². The Labute approximate surface area is 177 Å². The number of rotatable bonds is 6. The van der Waals surface area contributed by atoms with Crippen molar-refractivity contribution >= 4 is 29.1 Å². The molecule has 0 bridgehead atoms. The highest BCUT2D eigenvalue weighted by molar-refractivity contribution is 6.33. The Morgan fingerprint density at radius 2 is 2.10 bits per heavy atom. The number of halogens is 2. The standard InChI is InChI=1S/C19H18Cl2N6O2/c1-10(23-19(29)17-6-16(11(2)28)24-25-17)8-27-9-15(21)18(26-27)12-3-4-13(7-22)14(20)5-12/h3-6,9-11,28H,8H2,1-2H3,(H,23,29)(H,24,25). The molecule has 2 aromatic heterocycles. The Hall–Kier alpha value is -2.86. The lowest BCUT2D eigenvalue weighted by atomic mass is 10.1. The average molecular weight is 433 g/mol. The Morgan fingerprint density at radius 1 is 1.34 bits per heavy atom. The second kappa shape index (κ2) is 8.66. The summed E-state index contributed by atoms with van der Waals surface area (Å²) in [5.74, 6) is -0.339. The lowest BCUT2D eigenvalue weighted by Crippen LogP contribution is -2.36. The van der Waals surface area contributed by atoms with Gasteiger partial charge in [0.05, 0.1) is 34.0 Å². The van der Waals surface area contributed by atoms with E-state index in [9.17, 15) is 9.90 Å². The minimum atomic E-state index is -0.759. The van der Waals surface area contributed by atoms with Crippen molar-refractivity contribution < 1.29 is 9.90 Å². The molecule has 29 heavy (non-hydrogen) atoms. The molecule has 1 aromatic carbocycles. The summed E-state index contributed by atoms with van der Waals surface area (Å²) in [7, 11) is 0. The number of hydrogen-bond acceptors (Lipinski definition) is 5. The first-order chi connectivity index (χ1) is 13.8. The molecule has 0 radical (unpaired) electrons. The molecule has 0 aliphatic carbocycles. The molecular formula is C19H18Cl2N6O2. The highest BCUT2D eigenvalue weighted by atomic mass is 35.5. The van der Waals surface area contributed by atoms with E-state index in [4.69, 9.17) is 28.5 Å². The quantitative estimate of drug-likeness (QED) is 0.551. The maximum absolute atomic E-state index is 12.3. The molecule has 2 heterocycles. The largest absolute Gasteiger partial charge is 0.387 e. The van der Waals surface area contributed by atoms with E-state index in [0.29, 0.717) is 39.1 Å². The van der Waals surface area contributed by atoms with Gasteiger partial charge < -0.3 is 10.4 Å². The summed E-state index contributed by atoms with van der Waals surface area (Å²) in [6.07, 6.45) is 0.901. The molecule has 3 rings (SSSR count). The summed E-state index contributed by atoms with van der Waals surface area (Å²) in [6, 6.07) is 8.24. The van der Waals surface area contributed by atoms with Crippen LogP contribution in [0.5, 0.6) is 0 Å². The van der Waals surface area contributed by atoms with E-state index in [2.05, 4.69) is 20.6 Å². The van der Waals surface area contributed by atoms with Gasteiger partial charge in [0, 0.05) is 17.8 Å². The fraction of sp³-hybridized carbons (Fsp3) is 0.263. The van der Waals surface area contributed by atoms with E-state index >= 15 is 0 Å². The number of aliphatic hydroxyl groups excluding tert-OH is 1. The zero-order chi connectivity index (χ0) is 21.1. The minimum absolute atomic E-state index is 0.255. The molecule has 0 aliphatic rings. The number of nitrogens with zero attached hydrogens (tertiary/aromatic N) is 4. The number of aromatic nitrogens is 4. The summed E-state index contributed by atoms with van der Waals surface area (Å²) >= 11 is 12.4. The van der Waals surface area contributed by atoms with Crippen molar-refractivity contribution in [3.05, 3.63) is 57.5 Å². The molecule has 0 saturated heterocycles. The van der Waals surface area contributed by atoms with Crippen molar-refractivity contribution in [2.45, 2.75) is 32.5 Å². The molecule has 10 heteroatoms. The lowest BCUT2D eigenvalue weighted by molar-refractivity contribution is 0.0931. The topological polar surface area (TPSA) is 120 Å². The molecule has 3 N–H and O–H groups in total. The van der Waals surface area contributed by atoms with Gasteiger partial charge in [-0.05, 0) is 32.0 Å². The van der Waals surface area contributed by atoms with Gasteiger partial charge in [-0.1, -0.05) is 29.3 Å². The van der Waals surface area contributed by atoms with Crippen LogP contribution in [0.2, 0.25) is 10.0 Å². The Kier molecular flexibility index (Phi) is 6.23. The molecule has 0 fully saturated rings. The van der Waals surface area contributed by atoms with Crippen LogP contribution in [0.15, 0.2) is 30.5 Å². The van der Waals surface area contributed by atoms with Gasteiger partial charge in [-0.3, -0.25) is 14.6 Å². The number of amides is 1. The molecule has 150 valence electrons. The molecule has 0 saturated carbocycles. The molecule has 8 nitrogen and oxygen atoms in total. The van der Waals surface area contributed by atoms with Gasteiger partial charge in [0.15, 0.2) is 0 Å². The van der Waals surface area contributed by atoms with Crippen molar-refractivity contribution in [2.24, 2.45) is 0 Å². The zero-order valence-corrected chi connectivity index (χ0v) is 17.2. The van der Waals surface area contributed by atoms with Crippen molar-refractivity contribution in [3.63, 3.8) is 0 Å². The van der Waals surface area contributed by atoms with Crippen molar-refractivity contribution in [1.29, 1.82) is 5.26 Å². The third-order valence-corrected chi connectivity index (χ3v) is 4.78. The highest BCUT2D eigenvalue weighted by Crippen LogP contribution is 2.29. The number of aromatic amines is 1. The van der Waals surface area contributed by atoms with Crippen LogP contribution in [0, 0.1) is 11.3 Å². The number of aliphatic hydroxyl groups is 1. The van der Waals surface area contributed by atoms with Gasteiger partial charge in [0.25, 0.3) is 5.91 Å². The predicted molar refractivity (Wildman–Crippen MR) is 109 cm³/mol. The number of carbonyl (C=O) groups is 1. The molecule has 1 amide bonds. The fourth-order valence-electron chi connectivity index (χ4n) is 2.73. The second-order valence-corrected chi connectivity index (χ2v) is 7.43. The van der Waals surface area contributed by atoms with Crippen LogP contribution < -0.4 is 5.32 Å². The SMILES string of the molecule is CC(Cn1cc(Cl)c(-c2ccc(C#N)c(Cl)c2)n1)NC(=O)c1cc(C(C)O)n[nH]1. The van der Waals surface area contributed by atoms with Crippen LogP contribution >= 0.6 is 23.2 Å². The number of H-pyrrole nitrogens is 1. The third-order valence-electron chi connectivity index (χ3n) is 4.19. The van der Waals surface area contributed by atoms with Gasteiger partial charge >= 0.3 is 0 Å². The number of nitrogens with one attached hydrogen (secondary N) is 2. The zero-order valence-electron chi connectivity index (χ0n) is 15.6. The maximum atomic E-state index is 12.3. The summed E-state index contributed by atoms with van der Waals surface area (Å²) in [5.41, 5.74) is 2.26. The normalized spacial score (nSPS) is 13.0. The first-order valence-electron chi connectivity index (χ1n) is 8.75. The maximum Gasteiger partial charge on any atom is 0.269 e. The number of benzene rings is 1. The average Bonchev–Trinajstić information content (AvgIpc) is 3.28. The van der Waals surface area contributed by atoms with Crippen molar-refractivity contribution in [3.8, 4) is 17.3 Å². The first-order valence-corrected chi connectivity index (χ1v) is 9.51. The second-order valence-electron chi connectivity index (χ2n) is 6.61. The van der Waals surface area contributed by atoms with Gasteiger partial charge in [-0.2, -0.15) is 15.5 Å². The molecular weight excluding hydrogens is 415 g/mol. The summed E-state index contributed by atoms with van der Waals surface area (Å²) in [6.45, 7) is 3.78. The number of nitriles is 1. The van der Waals surface area contributed by atoms with Crippen LogP contribution in [-0.4, -0.2) is 37.0 Å². The summed E-state index contributed by atoms with van der Waals surface area (Å²) in [4.78, 5) is 12.3. The molecule has 2 unspecified atom stereocenters. The van der Waals surface area contributed by atoms with Crippen molar-refractivity contribution in [1.82, 2.24) is 25.3 Å². The van der Waals surface area contributed by atoms with Crippen LogP contribution in [-0.2, 0) is 6.54 Å². The number of carbonyl (C=O) groups excluding carboxylic acids is 1.